The first-order chi connectivity index (χ1) is 14.6. The Morgan fingerprint density at radius 1 is 1.07 bits per heavy atom. The number of ether oxygens (including phenoxy) is 1. The average Bonchev–Trinajstić information content (AvgIpc) is 3.40. The van der Waals surface area contributed by atoms with E-state index in [0.717, 1.165) is 39.1 Å². The van der Waals surface area contributed by atoms with Gasteiger partial charge in [0.2, 0.25) is 11.0 Å². The van der Waals surface area contributed by atoms with Crippen molar-refractivity contribution in [2.75, 3.05) is 7.11 Å². The van der Waals surface area contributed by atoms with Gasteiger partial charge in [-0.3, -0.25) is 5.10 Å². The van der Waals surface area contributed by atoms with E-state index in [4.69, 9.17) is 21.4 Å². The van der Waals surface area contributed by atoms with Crippen LogP contribution in [0.5, 0.6) is 5.75 Å². The zero-order valence-corrected chi connectivity index (χ0v) is 17.8. The van der Waals surface area contributed by atoms with Crippen molar-refractivity contribution in [3.8, 4) is 28.5 Å². The molecule has 0 aliphatic carbocycles. The maximum absolute atomic E-state index is 5.99. The summed E-state index contributed by atoms with van der Waals surface area (Å²) >= 11 is 7.60. The first-order valence-electron chi connectivity index (χ1n) is 9.29. The molecular weight excluding hydrogens is 420 g/mol. The number of nitrogens with zero attached hydrogens (tertiary/aromatic N) is 5. The predicted octanol–water partition coefficient (Wildman–Crippen LogP) is 4.74. The van der Waals surface area contributed by atoms with Crippen LogP contribution in [0.1, 0.15) is 12.5 Å². The maximum Gasteiger partial charge on any atom is 0.213 e. The highest BCUT2D eigenvalue weighted by Crippen LogP contribution is 2.33. The molecule has 0 saturated heterocycles. The van der Waals surface area contributed by atoms with Gasteiger partial charge in [-0.1, -0.05) is 47.6 Å². The summed E-state index contributed by atoms with van der Waals surface area (Å²) in [4.78, 5) is 0. The Morgan fingerprint density at radius 3 is 2.70 bits per heavy atom. The van der Waals surface area contributed by atoms with Gasteiger partial charge < -0.3 is 4.74 Å². The first kappa shape index (κ1) is 18.9. The number of hydrogen-bond acceptors (Lipinski definition) is 6. The van der Waals surface area contributed by atoms with Crippen LogP contribution in [0, 0.1) is 0 Å². The minimum absolute atomic E-state index is 0.132. The molecule has 0 spiro atoms. The minimum atomic E-state index is 0.132. The van der Waals surface area contributed by atoms with Crippen LogP contribution in [-0.2, 0) is 0 Å². The minimum Gasteiger partial charge on any atom is -0.497 e. The lowest BCUT2D eigenvalue weighted by atomic mass is 10.1. The monoisotopic (exact) mass is 436 g/mol. The average molecular weight is 437 g/mol. The zero-order valence-electron chi connectivity index (χ0n) is 16.2. The molecule has 2 aromatic heterocycles. The second-order valence-electron chi connectivity index (χ2n) is 6.77. The molecule has 0 saturated carbocycles. The SMILES string of the molecule is COc1cccc(C2=Nn3c(nnc3-c3cc(-c4ccc(Cl)cc4)n[nH]3)SC2C)c1. The molecule has 1 N–H and O–H groups in total. The second-order valence-corrected chi connectivity index (χ2v) is 8.51. The van der Waals surface area contributed by atoms with Gasteiger partial charge in [0, 0.05) is 16.1 Å². The fraction of sp³-hybridized carbons (Fsp3) is 0.143. The molecule has 1 aliphatic rings. The van der Waals surface area contributed by atoms with Crippen LogP contribution in [0.25, 0.3) is 22.8 Å². The van der Waals surface area contributed by atoms with E-state index >= 15 is 0 Å². The van der Waals surface area contributed by atoms with Crippen molar-refractivity contribution in [3.63, 3.8) is 0 Å². The van der Waals surface area contributed by atoms with Crippen LogP contribution in [0.15, 0.2) is 64.9 Å². The summed E-state index contributed by atoms with van der Waals surface area (Å²) in [6.45, 7) is 2.11. The molecule has 1 aliphatic heterocycles. The molecule has 0 radical (unpaired) electrons. The van der Waals surface area contributed by atoms with Crippen molar-refractivity contribution >= 4 is 29.1 Å². The lowest BCUT2D eigenvalue weighted by Crippen LogP contribution is -2.21. The van der Waals surface area contributed by atoms with Crippen LogP contribution in [-0.4, -0.2) is 43.1 Å². The Bertz CT molecular complexity index is 1250. The molecule has 3 heterocycles. The molecule has 30 heavy (non-hydrogen) atoms. The number of aromatic nitrogens is 5. The standard InChI is InChI=1S/C21H17ClN6OS/c1-12-19(14-4-3-5-16(10-14)29-2)27-28-20(25-26-21(28)30-12)18-11-17(23-24-18)13-6-8-15(22)9-7-13/h3-12H,1-2H3,(H,23,24). The summed E-state index contributed by atoms with van der Waals surface area (Å²) in [6.07, 6.45) is 0. The molecule has 5 rings (SSSR count). The number of hydrogen-bond donors (Lipinski definition) is 1. The van der Waals surface area contributed by atoms with Gasteiger partial charge in [0.25, 0.3) is 0 Å². The summed E-state index contributed by atoms with van der Waals surface area (Å²) in [5.74, 6) is 1.40. The van der Waals surface area contributed by atoms with Gasteiger partial charge in [0.1, 0.15) is 11.4 Å². The van der Waals surface area contributed by atoms with Crippen molar-refractivity contribution in [1.82, 2.24) is 25.1 Å². The van der Waals surface area contributed by atoms with Crippen molar-refractivity contribution < 1.29 is 4.74 Å². The number of fused-ring (bicyclic) bond motifs is 1. The number of H-pyrrole nitrogens is 1. The summed E-state index contributed by atoms with van der Waals surface area (Å²) < 4.78 is 7.13. The van der Waals surface area contributed by atoms with Crippen molar-refractivity contribution in [2.45, 2.75) is 17.3 Å². The molecule has 2 aromatic carbocycles. The summed E-state index contributed by atoms with van der Waals surface area (Å²) in [6, 6.07) is 17.4. The Balaban J connectivity index is 1.54. The van der Waals surface area contributed by atoms with E-state index in [2.05, 4.69) is 27.3 Å². The Kier molecular flexibility index (Phi) is 4.80. The van der Waals surface area contributed by atoms with E-state index in [0.29, 0.717) is 10.8 Å². The van der Waals surface area contributed by atoms with E-state index < -0.39 is 0 Å². The van der Waals surface area contributed by atoms with Crippen molar-refractivity contribution in [1.29, 1.82) is 0 Å². The third kappa shape index (κ3) is 3.38. The molecule has 4 aromatic rings. The number of benzene rings is 2. The van der Waals surface area contributed by atoms with Gasteiger partial charge in [-0.25, -0.2) is 0 Å². The molecule has 0 fully saturated rings. The van der Waals surface area contributed by atoms with E-state index in [9.17, 15) is 0 Å². The zero-order chi connectivity index (χ0) is 20.7. The van der Waals surface area contributed by atoms with Crippen LogP contribution in [0.3, 0.4) is 0 Å². The van der Waals surface area contributed by atoms with Gasteiger partial charge in [-0.2, -0.15) is 14.9 Å². The maximum atomic E-state index is 5.99. The number of thioether (sulfide) groups is 1. The Labute approximate surface area is 182 Å². The Morgan fingerprint density at radius 2 is 1.90 bits per heavy atom. The fourth-order valence-electron chi connectivity index (χ4n) is 3.28. The van der Waals surface area contributed by atoms with E-state index in [1.165, 1.54) is 0 Å². The highest BCUT2D eigenvalue weighted by Gasteiger charge is 2.27. The number of methoxy groups -OCH3 is 1. The van der Waals surface area contributed by atoms with Crippen LogP contribution in [0.4, 0.5) is 0 Å². The van der Waals surface area contributed by atoms with E-state index in [1.54, 1.807) is 23.5 Å². The normalized spacial score (nSPS) is 15.6. The van der Waals surface area contributed by atoms with Gasteiger partial charge in [0.15, 0.2) is 0 Å². The van der Waals surface area contributed by atoms with E-state index in [1.807, 2.05) is 54.6 Å². The van der Waals surface area contributed by atoms with Gasteiger partial charge in [0.05, 0.1) is 23.8 Å². The second kappa shape index (κ2) is 7.62. The quantitative estimate of drug-likeness (QED) is 0.499. The number of aromatic amines is 1. The molecule has 0 bridgehead atoms. The fourth-order valence-corrected chi connectivity index (χ4v) is 4.33. The molecule has 9 heteroatoms. The van der Waals surface area contributed by atoms with Crippen molar-refractivity contribution in [2.24, 2.45) is 5.10 Å². The molecule has 7 nitrogen and oxygen atoms in total. The molecular formula is C21H17ClN6OS. The topological polar surface area (TPSA) is 81.0 Å². The largest absolute Gasteiger partial charge is 0.497 e. The summed E-state index contributed by atoms with van der Waals surface area (Å²) in [5, 5.41) is 22.6. The van der Waals surface area contributed by atoms with Gasteiger partial charge in [-0.15, -0.1) is 10.2 Å². The smallest absolute Gasteiger partial charge is 0.213 e. The van der Waals surface area contributed by atoms with Crippen LogP contribution in [0.2, 0.25) is 5.02 Å². The summed E-state index contributed by atoms with van der Waals surface area (Å²) in [7, 11) is 1.66. The first-order valence-corrected chi connectivity index (χ1v) is 10.6. The number of rotatable bonds is 4. The lowest BCUT2D eigenvalue weighted by molar-refractivity contribution is 0.414. The summed E-state index contributed by atoms with van der Waals surface area (Å²) in [5.41, 5.74) is 4.44. The number of halogens is 1. The molecule has 1 unspecified atom stereocenters. The highest BCUT2D eigenvalue weighted by atomic mass is 35.5. The third-order valence-electron chi connectivity index (χ3n) is 4.81. The lowest BCUT2D eigenvalue weighted by Gasteiger charge is -2.20. The van der Waals surface area contributed by atoms with Crippen LogP contribution >= 0.6 is 23.4 Å². The molecule has 0 amide bonds. The van der Waals surface area contributed by atoms with Crippen LogP contribution < -0.4 is 4.74 Å². The molecule has 150 valence electrons. The van der Waals surface area contributed by atoms with Crippen molar-refractivity contribution in [3.05, 3.63) is 65.2 Å². The highest BCUT2D eigenvalue weighted by molar-refractivity contribution is 8.00. The van der Waals surface area contributed by atoms with E-state index in [-0.39, 0.29) is 5.25 Å². The van der Waals surface area contributed by atoms with Gasteiger partial charge >= 0.3 is 0 Å². The van der Waals surface area contributed by atoms with Gasteiger partial charge in [-0.05, 0) is 37.3 Å². The third-order valence-corrected chi connectivity index (χ3v) is 6.11. The Hall–Kier alpha value is -3.10. The predicted molar refractivity (Wildman–Crippen MR) is 118 cm³/mol. The number of nitrogens with one attached hydrogen (secondary N) is 1. The molecule has 1 atom stereocenters.